The second kappa shape index (κ2) is 2.95. The number of carbonyl (C=O) groups is 1. The molecule has 1 amide bonds. The van der Waals surface area contributed by atoms with Crippen molar-refractivity contribution < 1.29 is 22.4 Å². The Hall–Kier alpha value is -1.59. The quantitative estimate of drug-likeness (QED) is 0.665. The Balaban J connectivity index is 2.53. The summed E-state index contributed by atoms with van der Waals surface area (Å²) in [5.74, 6) is -1.62. The Morgan fingerprint density at radius 1 is 1.27 bits per heavy atom. The second-order valence-corrected chi connectivity index (χ2v) is 3.18. The highest BCUT2D eigenvalue weighted by molar-refractivity contribution is 5.99. The van der Waals surface area contributed by atoms with Crippen LogP contribution in [-0.2, 0) is 0 Å². The Kier molecular flexibility index (Phi) is 1.95. The van der Waals surface area contributed by atoms with E-state index in [-0.39, 0.29) is 11.1 Å². The van der Waals surface area contributed by atoms with E-state index in [1.54, 1.807) is 5.32 Å². The van der Waals surface area contributed by atoms with Crippen molar-refractivity contribution in [3.05, 3.63) is 35.1 Å². The number of carbonyl (C=O) groups excluding carboxylic acids is 1. The van der Waals surface area contributed by atoms with Crippen molar-refractivity contribution in [2.45, 2.75) is 12.2 Å². The molecule has 15 heavy (non-hydrogen) atoms. The zero-order valence-electron chi connectivity index (χ0n) is 7.23. The van der Waals surface area contributed by atoms with Crippen LogP contribution in [0.25, 0.3) is 0 Å². The lowest BCUT2D eigenvalue weighted by Gasteiger charge is -2.15. The first-order valence-electron chi connectivity index (χ1n) is 4.06. The lowest BCUT2D eigenvalue weighted by Crippen LogP contribution is -2.31. The van der Waals surface area contributed by atoms with E-state index in [0.29, 0.717) is 0 Å². The topological polar surface area (TPSA) is 29.1 Å². The summed E-state index contributed by atoms with van der Waals surface area (Å²) in [6.07, 6.45) is -4.60. The van der Waals surface area contributed by atoms with Gasteiger partial charge in [-0.3, -0.25) is 4.79 Å². The standard InChI is InChI=1S/C9H5F4NO/c10-4-1-2-5-6(3-4)7(9(11,12)13)14-8(5)15/h1-3,7H,(H,14,15)/t7-/m0/s1. The van der Waals surface area contributed by atoms with E-state index in [2.05, 4.69) is 0 Å². The van der Waals surface area contributed by atoms with Gasteiger partial charge in [-0.1, -0.05) is 0 Å². The maximum atomic E-state index is 12.7. The Bertz CT molecular complexity index is 427. The van der Waals surface area contributed by atoms with Crippen molar-refractivity contribution in [2.75, 3.05) is 0 Å². The SMILES string of the molecule is O=C1N[C@H](C(F)(F)F)c2cc(F)ccc21. The maximum Gasteiger partial charge on any atom is 0.412 e. The lowest BCUT2D eigenvalue weighted by molar-refractivity contribution is -0.153. The van der Waals surface area contributed by atoms with Crippen molar-refractivity contribution in [2.24, 2.45) is 0 Å². The van der Waals surface area contributed by atoms with Crippen molar-refractivity contribution in [1.82, 2.24) is 5.32 Å². The van der Waals surface area contributed by atoms with Crippen LogP contribution in [0.5, 0.6) is 0 Å². The molecule has 2 nitrogen and oxygen atoms in total. The molecule has 1 aromatic carbocycles. The molecule has 0 unspecified atom stereocenters. The Morgan fingerprint density at radius 2 is 1.93 bits per heavy atom. The van der Waals surface area contributed by atoms with E-state index in [9.17, 15) is 22.4 Å². The highest BCUT2D eigenvalue weighted by Gasteiger charge is 2.47. The Labute approximate surface area is 81.9 Å². The third kappa shape index (κ3) is 1.55. The van der Waals surface area contributed by atoms with Gasteiger partial charge >= 0.3 is 6.18 Å². The van der Waals surface area contributed by atoms with Gasteiger partial charge in [0.05, 0.1) is 0 Å². The Morgan fingerprint density at radius 3 is 2.53 bits per heavy atom. The van der Waals surface area contributed by atoms with Crippen molar-refractivity contribution in [3.8, 4) is 0 Å². The van der Waals surface area contributed by atoms with Crippen LogP contribution in [0.15, 0.2) is 18.2 Å². The molecule has 0 saturated carbocycles. The summed E-state index contributed by atoms with van der Waals surface area (Å²) in [6.45, 7) is 0. The summed E-state index contributed by atoms with van der Waals surface area (Å²) in [7, 11) is 0. The van der Waals surface area contributed by atoms with Crippen molar-refractivity contribution in [1.29, 1.82) is 0 Å². The molecule has 1 heterocycles. The molecule has 6 heteroatoms. The average Bonchev–Trinajstić information content (AvgIpc) is 2.42. The summed E-state index contributed by atoms with van der Waals surface area (Å²) < 4.78 is 50.0. The molecule has 1 aliphatic heterocycles. The van der Waals surface area contributed by atoms with E-state index in [0.717, 1.165) is 18.2 Å². The fourth-order valence-corrected chi connectivity index (χ4v) is 1.52. The van der Waals surface area contributed by atoms with Gasteiger partial charge in [0.2, 0.25) is 0 Å². The van der Waals surface area contributed by atoms with E-state index in [1.165, 1.54) is 0 Å². The van der Waals surface area contributed by atoms with Gasteiger partial charge in [0.15, 0.2) is 6.04 Å². The first kappa shape index (κ1) is 9.95. The van der Waals surface area contributed by atoms with Crippen LogP contribution >= 0.6 is 0 Å². The molecule has 0 aliphatic carbocycles. The van der Waals surface area contributed by atoms with Crippen LogP contribution < -0.4 is 5.32 Å². The van der Waals surface area contributed by atoms with Gasteiger partial charge in [0.25, 0.3) is 5.91 Å². The molecule has 1 aromatic rings. The van der Waals surface area contributed by atoms with Crippen LogP contribution in [0.4, 0.5) is 17.6 Å². The summed E-state index contributed by atoms with van der Waals surface area (Å²) in [4.78, 5) is 11.1. The lowest BCUT2D eigenvalue weighted by atomic mass is 10.0. The van der Waals surface area contributed by atoms with Gasteiger partial charge in [-0.05, 0) is 23.8 Å². The minimum atomic E-state index is -4.60. The molecule has 2 rings (SSSR count). The number of hydrogen-bond acceptors (Lipinski definition) is 1. The van der Waals surface area contributed by atoms with Gasteiger partial charge in [-0.15, -0.1) is 0 Å². The van der Waals surface area contributed by atoms with Gasteiger partial charge < -0.3 is 5.32 Å². The molecule has 1 aliphatic rings. The molecule has 0 radical (unpaired) electrons. The molecule has 0 spiro atoms. The minimum absolute atomic E-state index is 0.126. The largest absolute Gasteiger partial charge is 0.412 e. The zero-order chi connectivity index (χ0) is 11.2. The summed E-state index contributed by atoms with van der Waals surface area (Å²) >= 11 is 0. The number of benzene rings is 1. The summed E-state index contributed by atoms with van der Waals surface area (Å²) in [5.41, 5.74) is -0.480. The van der Waals surface area contributed by atoms with Crippen molar-refractivity contribution >= 4 is 5.91 Å². The van der Waals surface area contributed by atoms with E-state index in [4.69, 9.17) is 0 Å². The number of hydrogen-bond donors (Lipinski definition) is 1. The summed E-state index contributed by atoms with van der Waals surface area (Å²) in [6, 6.07) is 0.629. The van der Waals surface area contributed by atoms with Crippen LogP contribution in [0.3, 0.4) is 0 Å². The molecule has 1 N–H and O–H groups in total. The highest BCUT2D eigenvalue weighted by atomic mass is 19.4. The number of alkyl halides is 3. The first-order valence-corrected chi connectivity index (χ1v) is 4.06. The van der Waals surface area contributed by atoms with Gasteiger partial charge in [-0.2, -0.15) is 13.2 Å². The van der Waals surface area contributed by atoms with E-state index in [1.807, 2.05) is 0 Å². The molecule has 0 fully saturated rings. The predicted octanol–water partition coefficient (Wildman–Crippen LogP) is 2.17. The number of halogens is 4. The van der Waals surface area contributed by atoms with Crippen molar-refractivity contribution in [3.63, 3.8) is 0 Å². The van der Waals surface area contributed by atoms with E-state index < -0.39 is 23.9 Å². The zero-order valence-corrected chi connectivity index (χ0v) is 7.23. The highest BCUT2D eigenvalue weighted by Crippen LogP contribution is 2.38. The smallest absolute Gasteiger partial charge is 0.337 e. The van der Waals surface area contributed by atoms with Crippen LogP contribution in [0.2, 0.25) is 0 Å². The third-order valence-corrected chi connectivity index (χ3v) is 2.17. The molecule has 80 valence electrons. The molecule has 0 saturated heterocycles. The molecule has 0 bridgehead atoms. The van der Waals surface area contributed by atoms with Gasteiger partial charge in [0.1, 0.15) is 5.82 Å². The fraction of sp³-hybridized carbons (Fsp3) is 0.222. The molecule has 0 aromatic heterocycles. The third-order valence-electron chi connectivity index (χ3n) is 2.17. The van der Waals surface area contributed by atoms with Gasteiger partial charge in [0, 0.05) is 5.56 Å². The average molecular weight is 219 g/mol. The second-order valence-electron chi connectivity index (χ2n) is 3.18. The first-order chi connectivity index (χ1) is 6.89. The van der Waals surface area contributed by atoms with Crippen LogP contribution in [0, 0.1) is 5.82 Å². The maximum absolute atomic E-state index is 12.7. The van der Waals surface area contributed by atoms with Crippen LogP contribution in [-0.4, -0.2) is 12.1 Å². The monoisotopic (exact) mass is 219 g/mol. The number of fused-ring (bicyclic) bond motifs is 1. The summed E-state index contributed by atoms with van der Waals surface area (Å²) in [5, 5.41) is 1.76. The predicted molar refractivity (Wildman–Crippen MR) is 42.7 cm³/mol. The van der Waals surface area contributed by atoms with Crippen LogP contribution in [0.1, 0.15) is 22.0 Å². The van der Waals surface area contributed by atoms with Gasteiger partial charge in [-0.25, -0.2) is 4.39 Å². The molecular formula is C9H5F4NO. The molecule has 1 atom stereocenters. The molecular weight excluding hydrogens is 214 g/mol. The number of rotatable bonds is 0. The minimum Gasteiger partial charge on any atom is -0.337 e. The number of nitrogens with one attached hydrogen (secondary N) is 1. The fourth-order valence-electron chi connectivity index (χ4n) is 1.52. The number of amides is 1. The normalized spacial score (nSPS) is 20.0. The van der Waals surface area contributed by atoms with E-state index >= 15 is 0 Å².